The zero-order valence-electron chi connectivity index (χ0n) is 20.5. The molecule has 1 heterocycles. The molecule has 0 saturated carbocycles. The first-order chi connectivity index (χ1) is 16.6. The second kappa shape index (κ2) is 9.71. The van der Waals surface area contributed by atoms with Crippen molar-refractivity contribution in [1.29, 1.82) is 0 Å². The molecule has 1 aliphatic rings. The molecule has 180 valence electrons. The fraction of sp³-hybridized carbons (Fsp3) is 0.267. The zero-order valence-corrected chi connectivity index (χ0v) is 21.3. The van der Waals surface area contributed by atoms with Gasteiger partial charge in [0.25, 0.3) is 5.91 Å². The van der Waals surface area contributed by atoms with Gasteiger partial charge < -0.3 is 5.11 Å². The number of benzene rings is 3. The Bertz CT molecular complexity index is 1290. The van der Waals surface area contributed by atoms with Crippen LogP contribution in [0.25, 0.3) is 0 Å². The van der Waals surface area contributed by atoms with Gasteiger partial charge in [0.05, 0.1) is 11.6 Å². The largest absolute Gasteiger partial charge is 0.503 e. The van der Waals surface area contributed by atoms with Gasteiger partial charge in [-0.25, -0.2) is 0 Å². The first-order valence-electron chi connectivity index (χ1n) is 11.8. The summed E-state index contributed by atoms with van der Waals surface area (Å²) in [6.45, 7) is 8.28. The number of amides is 1. The van der Waals surface area contributed by atoms with Gasteiger partial charge in [0.15, 0.2) is 11.5 Å². The van der Waals surface area contributed by atoms with Gasteiger partial charge in [-0.05, 0) is 53.1 Å². The second-order valence-electron chi connectivity index (χ2n) is 10.1. The number of ketones is 1. The Balaban J connectivity index is 1.77. The molecule has 3 aromatic carbocycles. The Morgan fingerprint density at radius 1 is 1.00 bits per heavy atom. The highest BCUT2D eigenvalue weighted by molar-refractivity contribution is 6.31. The number of hydrogen-bond donors (Lipinski definition) is 1. The fourth-order valence-electron chi connectivity index (χ4n) is 4.50. The van der Waals surface area contributed by atoms with Crippen LogP contribution < -0.4 is 4.90 Å². The van der Waals surface area contributed by atoms with E-state index in [0.29, 0.717) is 17.1 Å². The van der Waals surface area contributed by atoms with Crippen LogP contribution in [0.15, 0.2) is 84.1 Å². The smallest absolute Gasteiger partial charge is 0.294 e. The summed E-state index contributed by atoms with van der Waals surface area (Å²) in [4.78, 5) is 28.4. The minimum Gasteiger partial charge on any atom is -0.503 e. The van der Waals surface area contributed by atoms with Crippen molar-refractivity contribution in [1.82, 2.24) is 0 Å². The lowest BCUT2D eigenvalue weighted by Crippen LogP contribution is -2.31. The van der Waals surface area contributed by atoms with Crippen molar-refractivity contribution < 1.29 is 14.7 Å². The Kier molecular flexibility index (Phi) is 6.86. The third kappa shape index (κ3) is 5.03. The molecule has 35 heavy (non-hydrogen) atoms. The molecule has 1 amide bonds. The zero-order chi connectivity index (χ0) is 25.3. The highest BCUT2D eigenvalue weighted by Crippen LogP contribution is 2.43. The van der Waals surface area contributed by atoms with Gasteiger partial charge >= 0.3 is 0 Å². The lowest BCUT2D eigenvalue weighted by molar-refractivity contribution is -0.118. The molecule has 1 atom stereocenters. The molecule has 0 aromatic heterocycles. The van der Waals surface area contributed by atoms with Crippen LogP contribution in [-0.4, -0.2) is 16.8 Å². The molecule has 0 aliphatic carbocycles. The average molecular weight is 488 g/mol. The molecule has 3 aromatic rings. The number of nitrogens with zero attached hydrogens (tertiary/aromatic N) is 1. The number of hydrogen-bond acceptors (Lipinski definition) is 3. The van der Waals surface area contributed by atoms with Crippen LogP contribution in [0.2, 0.25) is 5.02 Å². The number of aliphatic hydroxyl groups excluding tert-OH is 1. The molecule has 0 spiro atoms. The molecule has 1 unspecified atom stereocenters. The summed E-state index contributed by atoms with van der Waals surface area (Å²) in [6.07, 6.45) is 0.714. The number of aliphatic hydroxyl groups is 1. The van der Waals surface area contributed by atoms with Crippen molar-refractivity contribution >= 4 is 29.0 Å². The predicted molar refractivity (Wildman–Crippen MR) is 141 cm³/mol. The molecule has 1 N–H and O–H groups in total. The molecule has 0 fully saturated rings. The van der Waals surface area contributed by atoms with Gasteiger partial charge in [-0.1, -0.05) is 93.0 Å². The Morgan fingerprint density at radius 3 is 2.29 bits per heavy atom. The third-order valence-corrected chi connectivity index (χ3v) is 6.75. The van der Waals surface area contributed by atoms with E-state index in [2.05, 4.69) is 20.8 Å². The minimum atomic E-state index is -0.739. The highest BCUT2D eigenvalue weighted by Gasteiger charge is 2.44. The molecule has 1 aliphatic heterocycles. The third-order valence-electron chi connectivity index (χ3n) is 6.52. The first kappa shape index (κ1) is 24.7. The van der Waals surface area contributed by atoms with E-state index in [1.54, 1.807) is 12.1 Å². The SMILES string of the molecule is Cc1ccc(Cl)cc1N1C(=O)C(O)=C(C(=O)CCc2ccccc2)C1c1ccc(C(C)(C)C)cc1. The van der Waals surface area contributed by atoms with Crippen molar-refractivity contribution in [2.75, 3.05) is 4.90 Å². The van der Waals surface area contributed by atoms with E-state index in [1.807, 2.05) is 67.6 Å². The Labute approximate surface area is 211 Å². The van der Waals surface area contributed by atoms with Crippen LogP contribution in [0, 0.1) is 6.92 Å². The van der Waals surface area contributed by atoms with E-state index in [-0.39, 0.29) is 23.2 Å². The average Bonchev–Trinajstić information content (AvgIpc) is 3.09. The molecule has 0 bridgehead atoms. The summed E-state index contributed by atoms with van der Waals surface area (Å²) in [5.74, 6) is -1.33. The highest BCUT2D eigenvalue weighted by atomic mass is 35.5. The molecular formula is C30H30ClNO3. The lowest BCUT2D eigenvalue weighted by Gasteiger charge is -2.29. The number of aryl methyl sites for hydroxylation is 2. The summed E-state index contributed by atoms with van der Waals surface area (Å²) in [5, 5.41) is 11.4. The van der Waals surface area contributed by atoms with E-state index >= 15 is 0 Å². The molecule has 5 heteroatoms. The standard InChI is InChI=1S/C30H30ClNO3/c1-19-10-16-23(31)18-24(19)32-27(21-12-14-22(15-13-21)30(2,3)4)26(28(34)29(32)35)25(33)17-11-20-8-6-5-7-9-20/h5-10,12-16,18,27,34H,11,17H2,1-4H3. The van der Waals surface area contributed by atoms with Gasteiger partial charge in [0, 0.05) is 17.1 Å². The van der Waals surface area contributed by atoms with Crippen LogP contribution in [0.4, 0.5) is 5.69 Å². The maximum Gasteiger partial charge on any atom is 0.294 e. The molecular weight excluding hydrogens is 458 g/mol. The van der Waals surface area contributed by atoms with Crippen molar-refractivity contribution in [3.63, 3.8) is 0 Å². The molecule has 4 rings (SSSR count). The maximum atomic E-state index is 13.5. The molecule has 0 radical (unpaired) electrons. The minimum absolute atomic E-state index is 0.0421. The first-order valence-corrected chi connectivity index (χ1v) is 12.2. The summed E-state index contributed by atoms with van der Waals surface area (Å²) >= 11 is 6.28. The predicted octanol–water partition coefficient (Wildman–Crippen LogP) is 7.05. The quantitative estimate of drug-likeness (QED) is 0.405. The summed E-state index contributed by atoms with van der Waals surface area (Å²) in [5.41, 5.74) is 4.42. The second-order valence-corrected chi connectivity index (χ2v) is 10.5. The van der Waals surface area contributed by atoms with Gasteiger partial charge in [0.1, 0.15) is 0 Å². The van der Waals surface area contributed by atoms with E-state index < -0.39 is 17.7 Å². The van der Waals surface area contributed by atoms with Crippen molar-refractivity contribution in [2.24, 2.45) is 0 Å². The number of carbonyl (C=O) groups excluding carboxylic acids is 2. The maximum absolute atomic E-state index is 13.5. The Morgan fingerprint density at radius 2 is 1.66 bits per heavy atom. The van der Waals surface area contributed by atoms with Crippen LogP contribution in [0.3, 0.4) is 0 Å². The van der Waals surface area contributed by atoms with E-state index in [0.717, 1.165) is 22.3 Å². The Hall–Kier alpha value is -3.37. The molecule has 4 nitrogen and oxygen atoms in total. The van der Waals surface area contributed by atoms with Gasteiger partial charge in [-0.3, -0.25) is 14.5 Å². The van der Waals surface area contributed by atoms with Gasteiger partial charge in [-0.15, -0.1) is 0 Å². The van der Waals surface area contributed by atoms with E-state index in [9.17, 15) is 14.7 Å². The van der Waals surface area contributed by atoms with Crippen molar-refractivity contribution in [3.05, 3.63) is 111 Å². The number of carbonyl (C=O) groups is 2. The summed E-state index contributed by atoms with van der Waals surface area (Å²) < 4.78 is 0. The van der Waals surface area contributed by atoms with Gasteiger partial charge in [-0.2, -0.15) is 0 Å². The summed E-state index contributed by atoms with van der Waals surface area (Å²) in [7, 11) is 0. The number of halogens is 1. The number of rotatable bonds is 6. The van der Waals surface area contributed by atoms with Crippen molar-refractivity contribution in [2.45, 2.75) is 52.0 Å². The van der Waals surface area contributed by atoms with E-state index in [1.165, 1.54) is 4.90 Å². The number of anilines is 1. The van der Waals surface area contributed by atoms with E-state index in [4.69, 9.17) is 11.6 Å². The van der Waals surface area contributed by atoms with Crippen LogP contribution in [-0.2, 0) is 21.4 Å². The normalized spacial score (nSPS) is 16.2. The van der Waals surface area contributed by atoms with Crippen molar-refractivity contribution in [3.8, 4) is 0 Å². The van der Waals surface area contributed by atoms with Crippen LogP contribution >= 0.6 is 11.6 Å². The summed E-state index contributed by atoms with van der Waals surface area (Å²) in [6, 6.07) is 22.2. The van der Waals surface area contributed by atoms with Crippen LogP contribution in [0.5, 0.6) is 0 Å². The topological polar surface area (TPSA) is 57.6 Å². The van der Waals surface area contributed by atoms with Crippen LogP contribution in [0.1, 0.15) is 55.5 Å². The van der Waals surface area contributed by atoms with Gasteiger partial charge in [0.2, 0.25) is 0 Å². The number of Topliss-reactive ketones (excluding diaryl/α,β-unsaturated/α-hetero) is 1. The lowest BCUT2D eigenvalue weighted by atomic mass is 9.85. The fourth-order valence-corrected chi connectivity index (χ4v) is 4.66. The molecule has 0 saturated heterocycles. The monoisotopic (exact) mass is 487 g/mol.